The molecule has 0 aliphatic carbocycles. The van der Waals surface area contributed by atoms with E-state index in [-0.39, 0.29) is 23.6 Å². The van der Waals surface area contributed by atoms with Gasteiger partial charge in [0, 0.05) is 18.6 Å². The number of halogens is 2. The predicted molar refractivity (Wildman–Crippen MR) is 76.4 cm³/mol. The molecule has 2 rings (SSSR count). The SMILES string of the molecule is CC(N)C1CCCCN1C(=O)c1cccc(Br)c1F. The smallest absolute Gasteiger partial charge is 0.257 e. The third-order valence-corrected chi connectivity index (χ3v) is 4.21. The zero-order chi connectivity index (χ0) is 14.0. The summed E-state index contributed by atoms with van der Waals surface area (Å²) < 4.78 is 14.3. The highest BCUT2D eigenvalue weighted by Gasteiger charge is 2.31. The first-order valence-corrected chi connectivity index (χ1v) is 7.32. The fourth-order valence-corrected chi connectivity index (χ4v) is 2.95. The number of likely N-dealkylation sites (tertiary alicyclic amines) is 1. The Morgan fingerprint density at radius 2 is 2.26 bits per heavy atom. The second-order valence-corrected chi connectivity index (χ2v) is 5.88. The van der Waals surface area contributed by atoms with Gasteiger partial charge in [-0.15, -0.1) is 0 Å². The maximum absolute atomic E-state index is 14.0. The molecule has 1 amide bonds. The molecule has 1 aliphatic heterocycles. The largest absolute Gasteiger partial charge is 0.334 e. The summed E-state index contributed by atoms with van der Waals surface area (Å²) >= 11 is 3.11. The van der Waals surface area contributed by atoms with Crippen LogP contribution in [-0.4, -0.2) is 29.4 Å². The number of benzene rings is 1. The van der Waals surface area contributed by atoms with Gasteiger partial charge in [0.05, 0.1) is 10.0 Å². The molecule has 2 N–H and O–H groups in total. The molecular formula is C14H18BrFN2O. The predicted octanol–water partition coefficient (Wildman–Crippen LogP) is 2.93. The van der Waals surface area contributed by atoms with Gasteiger partial charge in [-0.1, -0.05) is 6.07 Å². The molecule has 104 valence electrons. The van der Waals surface area contributed by atoms with Gasteiger partial charge in [0.1, 0.15) is 5.82 Å². The number of carbonyl (C=O) groups excluding carboxylic acids is 1. The lowest BCUT2D eigenvalue weighted by Gasteiger charge is -2.38. The van der Waals surface area contributed by atoms with Gasteiger partial charge >= 0.3 is 0 Å². The quantitative estimate of drug-likeness (QED) is 0.907. The normalized spacial score (nSPS) is 21.3. The van der Waals surface area contributed by atoms with E-state index in [1.54, 1.807) is 17.0 Å². The molecule has 1 fully saturated rings. The Hall–Kier alpha value is -0.940. The van der Waals surface area contributed by atoms with Crippen LogP contribution in [0, 0.1) is 5.82 Å². The monoisotopic (exact) mass is 328 g/mol. The van der Waals surface area contributed by atoms with Crippen LogP contribution in [0.1, 0.15) is 36.5 Å². The molecule has 0 aromatic heterocycles. The Morgan fingerprint density at radius 3 is 2.95 bits per heavy atom. The summed E-state index contributed by atoms with van der Waals surface area (Å²) in [5.74, 6) is -0.762. The molecule has 19 heavy (non-hydrogen) atoms. The van der Waals surface area contributed by atoms with E-state index in [0.29, 0.717) is 11.0 Å². The van der Waals surface area contributed by atoms with Crippen LogP contribution < -0.4 is 5.73 Å². The molecule has 5 heteroatoms. The first-order valence-electron chi connectivity index (χ1n) is 6.53. The lowest BCUT2D eigenvalue weighted by Crippen LogP contribution is -2.51. The van der Waals surface area contributed by atoms with E-state index in [1.807, 2.05) is 6.92 Å². The van der Waals surface area contributed by atoms with Crippen molar-refractivity contribution in [3.8, 4) is 0 Å². The van der Waals surface area contributed by atoms with Crippen molar-refractivity contribution >= 4 is 21.8 Å². The van der Waals surface area contributed by atoms with Crippen LogP contribution in [0.15, 0.2) is 22.7 Å². The topological polar surface area (TPSA) is 46.3 Å². The Morgan fingerprint density at radius 1 is 1.53 bits per heavy atom. The zero-order valence-corrected chi connectivity index (χ0v) is 12.5. The fourth-order valence-electron chi connectivity index (χ4n) is 2.58. The van der Waals surface area contributed by atoms with E-state index in [4.69, 9.17) is 5.73 Å². The van der Waals surface area contributed by atoms with E-state index >= 15 is 0 Å². The standard InChI is InChI=1S/C14H18BrFN2O/c1-9(17)12-7-2-3-8-18(12)14(19)10-5-4-6-11(15)13(10)16/h4-6,9,12H,2-3,7-8,17H2,1H3. The van der Waals surface area contributed by atoms with E-state index in [9.17, 15) is 9.18 Å². The maximum Gasteiger partial charge on any atom is 0.257 e. The van der Waals surface area contributed by atoms with Crippen LogP contribution in [0.5, 0.6) is 0 Å². The van der Waals surface area contributed by atoms with Gasteiger partial charge in [-0.3, -0.25) is 4.79 Å². The minimum absolute atomic E-state index is 0.000341. The summed E-state index contributed by atoms with van der Waals surface area (Å²) in [4.78, 5) is 14.2. The fraction of sp³-hybridized carbons (Fsp3) is 0.500. The minimum Gasteiger partial charge on any atom is -0.334 e. The number of piperidine rings is 1. The molecule has 1 saturated heterocycles. The first-order chi connectivity index (χ1) is 9.02. The van der Waals surface area contributed by atoms with Crippen LogP contribution in [0.2, 0.25) is 0 Å². The lowest BCUT2D eigenvalue weighted by molar-refractivity contribution is 0.0579. The molecule has 2 atom stereocenters. The number of hydrogen-bond donors (Lipinski definition) is 1. The second kappa shape index (κ2) is 6.01. The summed E-state index contributed by atoms with van der Waals surface area (Å²) in [6.45, 7) is 2.55. The Bertz CT molecular complexity index is 479. The van der Waals surface area contributed by atoms with Gasteiger partial charge in [-0.2, -0.15) is 0 Å². The van der Waals surface area contributed by atoms with Gasteiger partial charge < -0.3 is 10.6 Å². The Balaban J connectivity index is 2.29. The average molecular weight is 329 g/mol. The van der Waals surface area contributed by atoms with Crippen molar-refractivity contribution in [3.05, 3.63) is 34.1 Å². The molecule has 0 saturated carbocycles. The van der Waals surface area contributed by atoms with Crippen molar-refractivity contribution in [1.29, 1.82) is 0 Å². The summed E-state index contributed by atoms with van der Waals surface area (Å²) in [5.41, 5.74) is 6.06. The molecule has 1 aromatic carbocycles. The molecule has 1 aliphatic rings. The molecule has 1 heterocycles. The molecule has 1 aromatic rings. The first kappa shape index (κ1) is 14.5. The number of amides is 1. The van der Waals surface area contributed by atoms with Gasteiger partial charge in [0.15, 0.2) is 0 Å². The Labute approximate surface area is 121 Å². The van der Waals surface area contributed by atoms with E-state index in [1.165, 1.54) is 6.07 Å². The summed E-state index contributed by atoms with van der Waals surface area (Å²) in [6.07, 6.45) is 2.90. The highest BCUT2D eigenvalue weighted by molar-refractivity contribution is 9.10. The van der Waals surface area contributed by atoms with Crippen molar-refractivity contribution in [2.24, 2.45) is 5.73 Å². The second-order valence-electron chi connectivity index (χ2n) is 5.02. The zero-order valence-electron chi connectivity index (χ0n) is 10.9. The van der Waals surface area contributed by atoms with Crippen LogP contribution in [0.4, 0.5) is 4.39 Å². The van der Waals surface area contributed by atoms with Crippen LogP contribution in [-0.2, 0) is 0 Å². The van der Waals surface area contributed by atoms with E-state index in [2.05, 4.69) is 15.9 Å². The molecule has 3 nitrogen and oxygen atoms in total. The van der Waals surface area contributed by atoms with Gasteiger partial charge in [0.25, 0.3) is 5.91 Å². The minimum atomic E-state index is -0.499. The molecular weight excluding hydrogens is 311 g/mol. The van der Waals surface area contributed by atoms with Gasteiger partial charge in [0.2, 0.25) is 0 Å². The number of nitrogens with zero attached hydrogens (tertiary/aromatic N) is 1. The molecule has 2 unspecified atom stereocenters. The molecule has 0 spiro atoms. The molecule has 0 radical (unpaired) electrons. The van der Waals surface area contributed by atoms with Crippen molar-refractivity contribution in [3.63, 3.8) is 0 Å². The van der Waals surface area contributed by atoms with Crippen LogP contribution in [0.25, 0.3) is 0 Å². The van der Waals surface area contributed by atoms with Crippen molar-refractivity contribution in [2.75, 3.05) is 6.54 Å². The highest BCUT2D eigenvalue weighted by atomic mass is 79.9. The molecule has 0 bridgehead atoms. The third kappa shape index (κ3) is 2.98. The Kier molecular flexibility index (Phi) is 4.58. The van der Waals surface area contributed by atoms with Crippen LogP contribution >= 0.6 is 15.9 Å². The van der Waals surface area contributed by atoms with Crippen LogP contribution in [0.3, 0.4) is 0 Å². The summed E-state index contributed by atoms with van der Waals surface area (Å²) in [5, 5.41) is 0. The number of hydrogen-bond acceptors (Lipinski definition) is 2. The number of rotatable bonds is 2. The number of nitrogens with two attached hydrogens (primary N) is 1. The average Bonchev–Trinajstić information content (AvgIpc) is 2.41. The van der Waals surface area contributed by atoms with Crippen molar-refractivity contribution < 1.29 is 9.18 Å². The summed E-state index contributed by atoms with van der Waals surface area (Å²) in [6, 6.07) is 4.69. The van der Waals surface area contributed by atoms with Gasteiger partial charge in [-0.05, 0) is 54.2 Å². The van der Waals surface area contributed by atoms with Crippen molar-refractivity contribution in [1.82, 2.24) is 4.90 Å². The lowest BCUT2D eigenvalue weighted by atomic mass is 9.96. The maximum atomic E-state index is 14.0. The van der Waals surface area contributed by atoms with Crippen molar-refractivity contribution in [2.45, 2.75) is 38.3 Å². The number of carbonyl (C=O) groups is 1. The van der Waals surface area contributed by atoms with Gasteiger partial charge in [-0.25, -0.2) is 4.39 Å². The van der Waals surface area contributed by atoms with E-state index < -0.39 is 5.82 Å². The van der Waals surface area contributed by atoms with E-state index in [0.717, 1.165) is 19.3 Å². The summed E-state index contributed by atoms with van der Waals surface area (Å²) in [7, 11) is 0. The highest BCUT2D eigenvalue weighted by Crippen LogP contribution is 2.25. The third-order valence-electron chi connectivity index (χ3n) is 3.60.